The molecule has 2 aromatic carbocycles. The van der Waals surface area contributed by atoms with Crippen LogP contribution in [0.25, 0.3) is 0 Å². The van der Waals surface area contributed by atoms with Gasteiger partial charge in [0.2, 0.25) is 0 Å². The second-order valence-corrected chi connectivity index (χ2v) is 7.11. The van der Waals surface area contributed by atoms with Gasteiger partial charge in [-0.1, -0.05) is 23.7 Å². The molecule has 0 saturated carbocycles. The predicted octanol–water partition coefficient (Wildman–Crippen LogP) is 5.37. The van der Waals surface area contributed by atoms with E-state index in [0.717, 1.165) is 22.6 Å². The molecular weight excluding hydrogens is 385 g/mol. The number of nitrogens with one attached hydrogen (secondary N) is 1. The first-order chi connectivity index (χ1) is 12.3. The lowest BCUT2D eigenvalue weighted by molar-refractivity contribution is 0.102. The molecule has 1 amide bonds. The van der Waals surface area contributed by atoms with Gasteiger partial charge in [0.15, 0.2) is 16.8 Å². The SMILES string of the molecule is Cc1ccc(Cc2cnc(NC(=O)c3cc(F)c(F)cc3Cl)s2)cc1F. The number of carbonyl (C=O) groups excluding carboxylic acids is 1. The zero-order valence-corrected chi connectivity index (χ0v) is 15.0. The second-order valence-electron chi connectivity index (χ2n) is 5.59. The molecule has 0 saturated heterocycles. The van der Waals surface area contributed by atoms with Crippen LogP contribution in [0.5, 0.6) is 0 Å². The van der Waals surface area contributed by atoms with Gasteiger partial charge in [-0.25, -0.2) is 18.2 Å². The van der Waals surface area contributed by atoms with Crippen LogP contribution in [0.1, 0.15) is 26.4 Å². The summed E-state index contributed by atoms with van der Waals surface area (Å²) >= 11 is 6.98. The van der Waals surface area contributed by atoms with Crippen molar-refractivity contribution in [3.05, 3.63) is 80.6 Å². The maximum absolute atomic E-state index is 13.6. The van der Waals surface area contributed by atoms with E-state index in [2.05, 4.69) is 10.3 Å². The van der Waals surface area contributed by atoms with Crippen molar-refractivity contribution in [3.63, 3.8) is 0 Å². The average molecular weight is 397 g/mol. The van der Waals surface area contributed by atoms with Crippen LogP contribution >= 0.6 is 22.9 Å². The first-order valence-corrected chi connectivity index (χ1v) is 8.68. The number of amides is 1. The van der Waals surface area contributed by atoms with Crippen molar-refractivity contribution in [3.8, 4) is 0 Å². The summed E-state index contributed by atoms with van der Waals surface area (Å²) in [6.45, 7) is 1.68. The average Bonchev–Trinajstić information content (AvgIpc) is 3.01. The number of aryl methyl sites for hydroxylation is 1. The Labute approximate surface area is 156 Å². The molecule has 3 aromatic rings. The lowest BCUT2D eigenvalue weighted by Gasteiger charge is -2.05. The van der Waals surface area contributed by atoms with Crippen LogP contribution < -0.4 is 5.32 Å². The number of hydrogen-bond donors (Lipinski definition) is 1. The molecule has 0 fully saturated rings. The Bertz CT molecular complexity index is 991. The number of benzene rings is 2. The molecule has 134 valence electrons. The van der Waals surface area contributed by atoms with E-state index < -0.39 is 17.5 Å². The minimum absolute atomic E-state index is 0.192. The van der Waals surface area contributed by atoms with E-state index in [4.69, 9.17) is 11.6 Å². The lowest BCUT2D eigenvalue weighted by atomic mass is 10.1. The first-order valence-electron chi connectivity index (χ1n) is 7.49. The van der Waals surface area contributed by atoms with Crippen LogP contribution in [0, 0.1) is 24.4 Å². The quantitative estimate of drug-likeness (QED) is 0.603. The molecule has 0 unspecified atom stereocenters. The summed E-state index contributed by atoms with van der Waals surface area (Å²) in [5.74, 6) is -3.28. The fourth-order valence-electron chi connectivity index (χ4n) is 2.26. The maximum atomic E-state index is 13.6. The van der Waals surface area contributed by atoms with Gasteiger partial charge < -0.3 is 0 Å². The third-order valence-electron chi connectivity index (χ3n) is 3.64. The highest BCUT2D eigenvalue weighted by Crippen LogP contribution is 2.25. The number of rotatable bonds is 4. The van der Waals surface area contributed by atoms with Crippen molar-refractivity contribution in [1.29, 1.82) is 0 Å². The van der Waals surface area contributed by atoms with Crippen molar-refractivity contribution in [1.82, 2.24) is 4.98 Å². The Morgan fingerprint density at radius 3 is 2.62 bits per heavy atom. The molecular formula is C18H12ClF3N2OS. The topological polar surface area (TPSA) is 42.0 Å². The van der Waals surface area contributed by atoms with E-state index in [-0.39, 0.29) is 21.5 Å². The maximum Gasteiger partial charge on any atom is 0.259 e. The van der Waals surface area contributed by atoms with Gasteiger partial charge in [0, 0.05) is 17.5 Å². The van der Waals surface area contributed by atoms with Gasteiger partial charge in [0.1, 0.15) is 5.82 Å². The standard InChI is InChI=1S/C18H12ClF3N2OS/c1-9-2-3-10(5-14(9)20)4-11-8-23-18(26-11)24-17(25)12-6-15(21)16(22)7-13(12)19/h2-3,5-8H,4H2,1H3,(H,23,24,25). The van der Waals surface area contributed by atoms with Crippen molar-refractivity contribution >= 4 is 34.0 Å². The number of hydrogen-bond acceptors (Lipinski definition) is 3. The summed E-state index contributed by atoms with van der Waals surface area (Å²) in [5.41, 5.74) is 1.15. The van der Waals surface area contributed by atoms with Gasteiger partial charge in [-0.2, -0.15) is 0 Å². The van der Waals surface area contributed by atoms with Crippen LogP contribution in [0.2, 0.25) is 5.02 Å². The molecule has 0 aliphatic carbocycles. The summed E-state index contributed by atoms with van der Waals surface area (Å²) in [6.07, 6.45) is 2.02. The fraction of sp³-hybridized carbons (Fsp3) is 0.111. The predicted molar refractivity (Wildman–Crippen MR) is 95.4 cm³/mol. The number of halogens is 4. The molecule has 0 aliphatic heterocycles. The van der Waals surface area contributed by atoms with Gasteiger partial charge in [-0.3, -0.25) is 10.1 Å². The summed E-state index contributed by atoms with van der Waals surface area (Å²) in [6, 6.07) is 6.44. The van der Waals surface area contributed by atoms with E-state index in [1.165, 1.54) is 17.4 Å². The van der Waals surface area contributed by atoms with E-state index in [1.54, 1.807) is 19.2 Å². The Hall–Kier alpha value is -2.38. The van der Waals surface area contributed by atoms with E-state index in [0.29, 0.717) is 12.0 Å². The van der Waals surface area contributed by atoms with Gasteiger partial charge in [0.25, 0.3) is 5.91 Å². The number of carbonyl (C=O) groups is 1. The molecule has 0 atom stereocenters. The summed E-state index contributed by atoms with van der Waals surface area (Å²) < 4.78 is 40.0. The third kappa shape index (κ3) is 4.05. The Morgan fingerprint density at radius 1 is 1.15 bits per heavy atom. The van der Waals surface area contributed by atoms with Crippen LogP contribution in [-0.2, 0) is 6.42 Å². The van der Waals surface area contributed by atoms with Crippen LogP contribution in [-0.4, -0.2) is 10.9 Å². The molecule has 0 bridgehead atoms. The largest absolute Gasteiger partial charge is 0.298 e. The van der Waals surface area contributed by atoms with Crippen molar-refractivity contribution < 1.29 is 18.0 Å². The van der Waals surface area contributed by atoms with E-state index in [9.17, 15) is 18.0 Å². The number of aromatic nitrogens is 1. The molecule has 3 nitrogen and oxygen atoms in total. The molecule has 0 radical (unpaired) electrons. The number of nitrogens with zero attached hydrogens (tertiary/aromatic N) is 1. The van der Waals surface area contributed by atoms with Crippen LogP contribution in [0.3, 0.4) is 0 Å². The summed E-state index contributed by atoms with van der Waals surface area (Å²) in [5, 5.41) is 2.57. The van der Waals surface area contributed by atoms with Crippen molar-refractivity contribution in [2.45, 2.75) is 13.3 Å². The number of anilines is 1. The fourth-order valence-corrected chi connectivity index (χ4v) is 3.33. The molecule has 0 spiro atoms. The van der Waals surface area contributed by atoms with Gasteiger partial charge in [-0.15, -0.1) is 11.3 Å². The molecule has 26 heavy (non-hydrogen) atoms. The van der Waals surface area contributed by atoms with Crippen molar-refractivity contribution in [2.75, 3.05) is 5.32 Å². The van der Waals surface area contributed by atoms with Crippen LogP contribution in [0.4, 0.5) is 18.3 Å². The number of thiazole rings is 1. The minimum Gasteiger partial charge on any atom is -0.298 e. The monoisotopic (exact) mass is 396 g/mol. The van der Waals surface area contributed by atoms with E-state index in [1.807, 2.05) is 6.07 Å². The molecule has 1 N–H and O–H groups in total. The molecule has 3 rings (SSSR count). The van der Waals surface area contributed by atoms with Gasteiger partial charge in [0.05, 0.1) is 10.6 Å². The smallest absolute Gasteiger partial charge is 0.259 e. The van der Waals surface area contributed by atoms with Gasteiger partial charge >= 0.3 is 0 Å². The second kappa shape index (κ2) is 7.47. The van der Waals surface area contributed by atoms with Crippen molar-refractivity contribution in [2.24, 2.45) is 0 Å². The normalized spacial score (nSPS) is 10.8. The minimum atomic E-state index is -1.17. The lowest BCUT2D eigenvalue weighted by Crippen LogP contribution is -2.13. The highest BCUT2D eigenvalue weighted by Gasteiger charge is 2.16. The molecule has 8 heteroatoms. The molecule has 1 heterocycles. The van der Waals surface area contributed by atoms with Crippen LogP contribution in [0.15, 0.2) is 36.5 Å². The third-order valence-corrected chi connectivity index (χ3v) is 4.87. The first kappa shape index (κ1) is 18.4. The summed E-state index contributed by atoms with van der Waals surface area (Å²) in [7, 11) is 0. The zero-order chi connectivity index (χ0) is 18.8. The van der Waals surface area contributed by atoms with Gasteiger partial charge in [-0.05, 0) is 36.2 Å². The Kier molecular flexibility index (Phi) is 5.29. The van der Waals surface area contributed by atoms with E-state index >= 15 is 0 Å². The molecule has 0 aliphatic rings. The highest BCUT2D eigenvalue weighted by atomic mass is 35.5. The molecule has 1 aromatic heterocycles. The Balaban J connectivity index is 1.73. The highest BCUT2D eigenvalue weighted by molar-refractivity contribution is 7.15. The Morgan fingerprint density at radius 2 is 1.88 bits per heavy atom. The summed E-state index contributed by atoms with van der Waals surface area (Å²) in [4.78, 5) is 17.1. The zero-order valence-electron chi connectivity index (χ0n) is 13.4.